The minimum absolute atomic E-state index is 0.0341. The van der Waals surface area contributed by atoms with Gasteiger partial charge in [0, 0.05) is 43.1 Å². The third-order valence-corrected chi connectivity index (χ3v) is 6.18. The number of rotatable bonds is 2. The summed E-state index contributed by atoms with van der Waals surface area (Å²) in [5.41, 5.74) is 2.13. The lowest BCUT2D eigenvalue weighted by atomic mass is 9.86. The molecule has 0 aromatic heterocycles. The van der Waals surface area contributed by atoms with Crippen LogP contribution in [0, 0.1) is 18.3 Å². The van der Waals surface area contributed by atoms with Crippen LogP contribution in [-0.2, 0) is 9.59 Å². The van der Waals surface area contributed by atoms with Crippen molar-refractivity contribution < 1.29 is 9.59 Å². The van der Waals surface area contributed by atoms with E-state index in [2.05, 4.69) is 13.0 Å². The van der Waals surface area contributed by atoms with Gasteiger partial charge in [0.2, 0.25) is 11.8 Å². The van der Waals surface area contributed by atoms with Gasteiger partial charge in [-0.3, -0.25) is 9.59 Å². The van der Waals surface area contributed by atoms with Gasteiger partial charge in [0.25, 0.3) is 0 Å². The molecule has 0 unspecified atom stereocenters. The van der Waals surface area contributed by atoms with Crippen molar-refractivity contribution in [2.24, 2.45) is 11.3 Å². The van der Waals surface area contributed by atoms with Gasteiger partial charge < -0.3 is 9.80 Å². The highest BCUT2D eigenvalue weighted by Crippen LogP contribution is 2.43. The van der Waals surface area contributed by atoms with E-state index >= 15 is 0 Å². The topological polar surface area (TPSA) is 40.6 Å². The van der Waals surface area contributed by atoms with E-state index in [0.29, 0.717) is 12.3 Å². The quantitative estimate of drug-likeness (QED) is 0.838. The fourth-order valence-corrected chi connectivity index (χ4v) is 4.81. The zero-order chi connectivity index (χ0) is 16.7. The molecular formula is C20H26N2O2. The molecular weight excluding hydrogens is 300 g/mol. The molecule has 1 aromatic rings. The van der Waals surface area contributed by atoms with Gasteiger partial charge in [0.05, 0.1) is 0 Å². The highest BCUT2D eigenvalue weighted by Gasteiger charge is 2.49. The van der Waals surface area contributed by atoms with Crippen LogP contribution in [0.5, 0.6) is 0 Å². The predicted octanol–water partition coefficient (Wildman–Crippen LogP) is 3.14. The summed E-state index contributed by atoms with van der Waals surface area (Å²) in [6, 6.07) is 8.08. The lowest BCUT2D eigenvalue weighted by Crippen LogP contribution is -2.36. The molecule has 0 radical (unpaired) electrons. The number of nitrogens with zero attached hydrogens (tertiary/aromatic N) is 2. The van der Waals surface area contributed by atoms with Gasteiger partial charge in [-0.1, -0.05) is 31.0 Å². The number of hydrogen-bond acceptors (Lipinski definition) is 2. The smallest absolute Gasteiger partial charge is 0.227 e. The van der Waals surface area contributed by atoms with Crippen LogP contribution in [0.3, 0.4) is 0 Å². The minimum atomic E-state index is -0.0341. The number of aryl methyl sites for hydroxylation is 1. The monoisotopic (exact) mass is 326 g/mol. The van der Waals surface area contributed by atoms with Crippen molar-refractivity contribution in [1.82, 2.24) is 4.90 Å². The molecule has 24 heavy (non-hydrogen) atoms. The van der Waals surface area contributed by atoms with Gasteiger partial charge in [-0.15, -0.1) is 0 Å². The van der Waals surface area contributed by atoms with Crippen molar-refractivity contribution in [3.8, 4) is 0 Å². The molecule has 3 aliphatic rings. The largest absolute Gasteiger partial charge is 0.342 e. The van der Waals surface area contributed by atoms with E-state index in [1.54, 1.807) is 0 Å². The van der Waals surface area contributed by atoms with Gasteiger partial charge >= 0.3 is 0 Å². The third-order valence-electron chi connectivity index (χ3n) is 6.18. The van der Waals surface area contributed by atoms with Crippen LogP contribution in [0.4, 0.5) is 5.69 Å². The molecule has 3 fully saturated rings. The van der Waals surface area contributed by atoms with Gasteiger partial charge in [-0.25, -0.2) is 0 Å². The molecule has 4 rings (SSSR count). The molecule has 0 N–H and O–H groups in total. The van der Waals surface area contributed by atoms with E-state index in [0.717, 1.165) is 50.1 Å². The minimum Gasteiger partial charge on any atom is -0.342 e. The van der Waals surface area contributed by atoms with Crippen molar-refractivity contribution in [3.63, 3.8) is 0 Å². The van der Waals surface area contributed by atoms with Crippen LogP contribution in [0.25, 0.3) is 0 Å². The second-order valence-electron chi connectivity index (χ2n) is 7.93. The molecule has 1 saturated carbocycles. The third kappa shape index (κ3) is 2.62. The second-order valence-corrected chi connectivity index (χ2v) is 7.93. The Morgan fingerprint density at radius 2 is 1.92 bits per heavy atom. The summed E-state index contributed by atoms with van der Waals surface area (Å²) in [5, 5.41) is 0. The predicted molar refractivity (Wildman–Crippen MR) is 93.7 cm³/mol. The number of carbonyl (C=O) groups excluding carboxylic acids is 2. The van der Waals surface area contributed by atoms with Crippen molar-refractivity contribution in [3.05, 3.63) is 29.8 Å². The van der Waals surface area contributed by atoms with Gasteiger partial charge in [-0.2, -0.15) is 0 Å². The summed E-state index contributed by atoms with van der Waals surface area (Å²) < 4.78 is 0. The molecule has 2 aliphatic heterocycles. The van der Waals surface area contributed by atoms with Crippen LogP contribution in [-0.4, -0.2) is 36.3 Å². The van der Waals surface area contributed by atoms with E-state index < -0.39 is 0 Å². The van der Waals surface area contributed by atoms with Crippen molar-refractivity contribution >= 4 is 17.5 Å². The lowest BCUT2D eigenvalue weighted by molar-refractivity contribution is -0.134. The van der Waals surface area contributed by atoms with Gasteiger partial charge in [-0.05, 0) is 37.8 Å². The zero-order valence-electron chi connectivity index (χ0n) is 14.5. The molecule has 1 spiro atoms. The van der Waals surface area contributed by atoms with Crippen LogP contribution in [0.15, 0.2) is 24.3 Å². The highest BCUT2D eigenvalue weighted by atomic mass is 16.2. The first-order chi connectivity index (χ1) is 11.6. The van der Waals surface area contributed by atoms with Crippen LogP contribution in [0.1, 0.15) is 44.1 Å². The second kappa shape index (κ2) is 5.91. The Kier molecular flexibility index (Phi) is 3.86. The molecule has 128 valence electrons. The summed E-state index contributed by atoms with van der Waals surface area (Å²) in [4.78, 5) is 29.3. The van der Waals surface area contributed by atoms with E-state index in [4.69, 9.17) is 0 Å². The first-order valence-corrected chi connectivity index (χ1v) is 9.23. The summed E-state index contributed by atoms with van der Waals surface area (Å²) >= 11 is 0. The lowest BCUT2D eigenvalue weighted by Gasteiger charge is -2.26. The normalized spacial score (nSPS) is 27.6. The van der Waals surface area contributed by atoms with Gasteiger partial charge in [0.1, 0.15) is 0 Å². The molecule has 2 amide bonds. The first-order valence-electron chi connectivity index (χ1n) is 9.23. The van der Waals surface area contributed by atoms with E-state index in [-0.39, 0.29) is 17.2 Å². The van der Waals surface area contributed by atoms with Gasteiger partial charge in [0.15, 0.2) is 0 Å². The Morgan fingerprint density at radius 3 is 2.67 bits per heavy atom. The average molecular weight is 326 g/mol. The van der Waals surface area contributed by atoms with E-state index in [1.807, 2.05) is 28.0 Å². The number of benzene rings is 1. The number of likely N-dealkylation sites (tertiary alicyclic amines) is 1. The average Bonchev–Trinajstić information content (AvgIpc) is 3.29. The van der Waals surface area contributed by atoms with Crippen LogP contribution < -0.4 is 4.90 Å². The number of carbonyl (C=O) groups is 2. The Labute approximate surface area is 143 Å². The SMILES string of the molecule is Cc1ccccc1N1C[C@@]2(CCN(C(=O)C3CCCC3)C2)CC1=O. The fraction of sp³-hybridized carbons (Fsp3) is 0.600. The van der Waals surface area contributed by atoms with Crippen molar-refractivity contribution in [2.45, 2.75) is 45.4 Å². The Balaban J connectivity index is 1.48. The molecule has 2 saturated heterocycles. The molecule has 0 bridgehead atoms. The van der Waals surface area contributed by atoms with Crippen LogP contribution in [0.2, 0.25) is 0 Å². The maximum Gasteiger partial charge on any atom is 0.227 e. The number of anilines is 1. The molecule has 2 heterocycles. The Hall–Kier alpha value is -1.84. The standard InChI is InChI=1S/C20H26N2O2/c1-15-6-2-5-9-17(15)22-14-20(12-18(22)23)10-11-21(13-20)19(24)16-7-3-4-8-16/h2,5-6,9,16H,3-4,7-8,10-14H2,1H3/t20-/m0/s1. The van der Waals surface area contributed by atoms with Crippen LogP contribution >= 0.6 is 0 Å². The number of para-hydroxylation sites is 1. The summed E-state index contributed by atoms with van der Waals surface area (Å²) in [7, 11) is 0. The maximum absolute atomic E-state index is 12.7. The molecule has 4 heteroatoms. The first kappa shape index (κ1) is 15.7. The zero-order valence-corrected chi connectivity index (χ0v) is 14.5. The fourth-order valence-electron chi connectivity index (χ4n) is 4.81. The maximum atomic E-state index is 12.7. The number of amides is 2. The summed E-state index contributed by atoms with van der Waals surface area (Å²) in [6.45, 7) is 4.39. The van der Waals surface area contributed by atoms with E-state index in [9.17, 15) is 9.59 Å². The van der Waals surface area contributed by atoms with Crippen molar-refractivity contribution in [2.75, 3.05) is 24.5 Å². The molecule has 1 aromatic carbocycles. The van der Waals surface area contributed by atoms with Crippen molar-refractivity contribution in [1.29, 1.82) is 0 Å². The Bertz CT molecular complexity index is 665. The molecule has 4 nitrogen and oxygen atoms in total. The highest BCUT2D eigenvalue weighted by molar-refractivity contribution is 5.97. The summed E-state index contributed by atoms with van der Waals surface area (Å²) in [6.07, 6.45) is 6.02. The summed E-state index contributed by atoms with van der Waals surface area (Å²) in [5.74, 6) is 0.787. The number of hydrogen-bond donors (Lipinski definition) is 0. The molecule has 1 atom stereocenters. The van der Waals surface area contributed by atoms with E-state index in [1.165, 1.54) is 12.8 Å². The Morgan fingerprint density at radius 1 is 1.17 bits per heavy atom. The molecule has 1 aliphatic carbocycles.